The summed E-state index contributed by atoms with van der Waals surface area (Å²) >= 11 is 0. The lowest BCUT2D eigenvalue weighted by Gasteiger charge is -2.32. The molecule has 0 saturated carbocycles. The number of nitrogens with one attached hydrogen (secondary N) is 1. The quantitative estimate of drug-likeness (QED) is 0.368. The Balaban J connectivity index is 1.31. The number of aliphatic hydroxyl groups excluding tert-OH is 1. The summed E-state index contributed by atoms with van der Waals surface area (Å²) in [5.74, 6) is -0.00530. The summed E-state index contributed by atoms with van der Waals surface area (Å²) in [7, 11) is -0.623. The number of hydrogen-bond acceptors (Lipinski definition) is 5. The van der Waals surface area contributed by atoms with E-state index in [0.29, 0.717) is 0 Å². The fraction of sp³-hybridized carbons (Fsp3) is 0.344. The second kappa shape index (κ2) is 10.6. The summed E-state index contributed by atoms with van der Waals surface area (Å²) in [4.78, 5) is 12.9. The highest BCUT2D eigenvalue weighted by Gasteiger charge is 2.52. The Bertz CT molecular complexity index is 1350. The van der Waals surface area contributed by atoms with Crippen molar-refractivity contribution < 1.29 is 23.9 Å². The van der Waals surface area contributed by atoms with E-state index < -0.39 is 24.4 Å². The van der Waals surface area contributed by atoms with E-state index in [-0.39, 0.29) is 25.7 Å². The molecule has 2 aliphatic rings. The van der Waals surface area contributed by atoms with Gasteiger partial charge in [0.15, 0.2) is 0 Å². The third kappa shape index (κ3) is 5.39. The molecule has 0 bridgehead atoms. The van der Waals surface area contributed by atoms with Crippen LogP contribution < -0.4 is 5.32 Å². The van der Waals surface area contributed by atoms with E-state index in [1.807, 2.05) is 83.2 Å². The number of alkyl carbamates (subject to hydrolysis) is 1. The molecule has 0 radical (unpaired) electrons. The highest BCUT2D eigenvalue weighted by Crippen LogP contribution is 2.44. The molecule has 1 aliphatic carbocycles. The van der Waals surface area contributed by atoms with E-state index >= 15 is 0 Å². The maximum Gasteiger partial charge on any atom is 0.492 e. The number of carbonyl (C=O) groups is 1. The van der Waals surface area contributed by atoms with Gasteiger partial charge in [-0.2, -0.15) is 0 Å². The Morgan fingerprint density at radius 3 is 2.13 bits per heavy atom. The molecule has 0 aromatic heterocycles. The fourth-order valence-electron chi connectivity index (χ4n) is 5.22. The van der Waals surface area contributed by atoms with E-state index in [0.717, 1.165) is 22.2 Å². The number of aliphatic hydroxyl groups is 1. The number of hydrogen-bond donors (Lipinski definition) is 2. The molecule has 0 atom stereocenters. The number of fused-ring (bicyclic) bond motifs is 3. The molecule has 2 N–H and O–H groups in total. The molecule has 1 aliphatic heterocycles. The first-order valence-electron chi connectivity index (χ1n) is 13.4. The summed E-state index contributed by atoms with van der Waals surface area (Å²) in [6, 6.07) is 22.4. The van der Waals surface area contributed by atoms with Crippen LogP contribution in [-0.2, 0) is 20.7 Å². The predicted octanol–water partition coefficient (Wildman–Crippen LogP) is 6.04. The van der Waals surface area contributed by atoms with Gasteiger partial charge in [0.2, 0.25) is 0 Å². The van der Waals surface area contributed by atoms with Crippen LogP contribution in [0, 0.1) is 6.92 Å². The van der Waals surface area contributed by atoms with Gasteiger partial charge in [0.1, 0.15) is 6.61 Å². The van der Waals surface area contributed by atoms with Crippen molar-refractivity contribution in [2.75, 3.05) is 13.2 Å². The Labute approximate surface area is 231 Å². The van der Waals surface area contributed by atoms with Crippen molar-refractivity contribution in [3.63, 3.8) is 0 Å². The molecular formula is C32H36BNO5. The van der Waals surface area contributed by atoms with Crippen LogP contribution >= 0.6 is 0 Å². The van der Waals surface area contributed by atoms with E-state index in [1.54, 1.807) is 0 Å². The van der Waals surface area contributed by atoms with Crippen LogP contribution in [-0.4, -0.2) is 42.7 Å². The zero-order chi connectivity index (χ0) is 27.8. The normalized spacial score (nSPS) is 17.6. The molecule has 5 rings (SSSR count). The van der Waals surface area contributed by atoms with Crippen LogP contribution in [0.1, 0.15) is 61.4 Å². The molecule has 1 heterocycles. The lowest BCUT2D eigenvalue weighted by Crippen LogP contribution is -2.41. The van der Waals surface area contributed by atoms with Crippen LogP contribution in [0.15, 0.2) is 72.2 Å². The molecule has 1 fully saturated rings. The Morgan fingerprint density at radius 2 is 1.56 bits per heavy atom. The molecule has 39 heavy (non-hydrogen) atoms. The summed E-state index contributed by atoms with van der Waals surface area (Å²) in [5, 5.41) is 12.5. The molecule has 6 nitrogen and oxygen atoms in total. The van der Waals surface area contributed by atoms with Crippen molar-refractivity contribution in [3.05, 3.63) is 100 Å². The molecule has 0 spiro atoms. The minimum atomic E-state index is -0.623. The number of benzene rings is 3. The van der Waals surface area contributed by atoms with E-state index in [2.05, 4.69) is 29.6 Å². The zero-order valence-corrected chi connectivity index (χ0v) is 23.3. The largest absolute Gasteiger partial charge is 0.492 e. The average molecular weight is 525 g/mol. The lowest BCUT2D eigenvalue weighted by molar-refractivity contribution is 0.00578. The van der Waals surface area contributed by atoms with Crippen LogP contribution in [0.2, 0.25) is 0 Å². The maximum absolute atomic E-state index is 12.9. The molecule has 3 aromatic carbocycles. The maximum atomic E-state index is 12.9. The van der Waals surface area contributed by atoms with Gasteiger partial charge < -0.3 is 24.5 Å². The topological polar surface area (TPSA) is 77.0 Å². The zero-order valence-electron chi connectivity index (χ0n) is 23.3. The summed E-state index contributed by atoms with van der Waals surface area (Å²) in [6.07, 6.45) is 1.48. The Morgan fingerprint density at radius 1 is 0.974 bits per heavy atom. The molecule has 1 amide bonds. The van der Waals surface area contributed by atoms with Crippen LogP contribution in [0.5, 0.6) is 0 Å². The standard InChI is InChI=1S/C32H36BNO5/c1-21-16-22(14-15-23(21)19-35)17-24(33-38-31(2,3)32(4,5)39-33)18-34-30(36)37-20-29-27-12-8-6-10-25(27)26-11-7-9-13-28(26)29/h6-17,29,35H,18-20H2,1-5H3,(H,34,36). The minimum Gasteiger partial charge on any atom is -0.449 e. The molecule has 7 heteroatoms. The van der Waals surface area contributed by atoms with Gasteiger partial charge in [0, 0.05) is 12.5 Å². The van der Waals surface area contributed by atoms with Gasteiger partial charge in [-0.15, -0.1) is 0 Å². The number of rotatable bonds is 7. The first-order valence-corrected chi connectivity index (χ1v) is 13.4. The molecule has 1 saturated heterocycles. The minimum absolute atomic E-state index is 0.00530. The highest BCUT2D eigenvalue weighted by atomic mass is 16.7. The van der Waals surface area contributed by atoms with Gasteiger partial charge in [-0.05, 0) is 79.0 Å². The highest BCUT2D eigenvalue weighted by molar-refractivity contribution is 6.56. The average Bonchev–Trinajstić information content (AvgIpc) is 3.34. The van der Waals surface area contributed by atoms with Gasteiger partial charge in [-0.3, -0.25) is 0 Å². The van der Waals surface area contributed by atoms with E-state index in [9.17, 15) is 9.90 Å². The summed E-state index contributed by atoms with van der Waals surface area (Å²) in [6.45, 7) is 10.4. The van der Waals surface area contributed by atoms with Crippen molar-refractivity contribution in [1.29, 1.82) is 0 Å². The van der Waals surface area contributed by atoms with E-state index in [1.165, 1.54) is 22.3 Å². The van der Waals surface area contributed by atoms with Crippen molar-refractivity contribution in [2.24, 2.45) is 0 Å². The monoisotopic (exact) mass is 525 g/mol. The van der Waals surface area contributed by atoms with Crippen LogP contribution in [0.3, 0.4) is 0 Å². The van der Waals surface area contributed by atoms with Gasteiger partial charge in [-0.25, -0.2) is 4.79 Å². The third-order valence-electron chi connectivity index (χ3n) is 8.23. The predicted molar refractivity (Wildman–Crippen MR) is 154 cm³/mol. The number of amides is 1. The van der Waals surface area contributed by atoms with Gasteiger partial charge in [0.05, 0.1) is 17.8 Å². The lowest BCUT2D eigenvalue weighted by atomic mass is 9.77. The van der Waals surface area contributed by atoms with Gasteiger partial charge in [0.25, 0.3) is 0 Å². The molecule has 202 valence electrons. The first kappa shape index (κ1) is 27.2. The summed E-state index contributed by atoms with van der Waals surface area (Å²) < 4.78 is 18.4. The smallest absolute Gasteiger partial charge is 0.449 e. The third-order valence-corrected chi connectivity index (χ3v) is 8.23. The second-order valence-electron chi connectivity index (χ2n) is 11.3. The summed E-state index contributed by atoms with van der Waals surface area (Å²) in [5.41, 5.74) is 7.27. The number of carbonyl (C=O) groups excluding carboxylic acids is 1. The van der Waals surface area contributed by atoms with Gasteiger partial charge in [-0.1, -0.05) is 72.8 Å². The first-order chi connectivity index (χ1) is 18.6. The SMILES string of the molecule is Cc1cc(C=C(CNC(=O)OCC2c3ccccc3-c3ccccc32)B2OC(C)(C)C(C)(C)O2)ccc1CO. The second-order valence-corrected chi connectivity index (χ2v) is 11.3. The number of aryl methyl sites for hydroxylation is 1. The van der Waals surface area contributed by atoms with Crippen molar-refractivity contribution in [3.8, 4) is 11.1 Å². The van der Waals surface area contributed by atoms with Crippen LogP contribution in [0.4, 0.5) is 4.79 Å². The Kier molecular flexibility index (Phi) is 7.42. The van der Waals surface area contributed by atoms with Crippen molar-refractivity contribution in [2.45, 2.75) is 58.3 Å². The Hall–Kier alpha value is -3.39. The van der Waals surface area contributed by atoms with Crippen molar-refractivity contribution in [1.82, 2.24) is 5.32 Å². The molecule has 0 unspecified atom stereocenters. The van der Waals surface area contributed by atoms with Crippen molar-refractivity contribution >= 4 is 19.3 Å². The molecule has 3 aromatic rings. The fourth-order valence-corrected chi connectivity index (χ4v) is 5.22. The molecular weight excluding hydrogens is 489 g/mol. The van der Waals surface area contributed by atoms with E-state index in [4.69, 9.17) is 14.0 Å². The van der Waals surface area contributed by atoms with Crippen LogP contribution in [0.25, 0.3) is 17.2 Å². The number of ether oxygens (including phenoxy) is 1. The van der Waals surface area contributed by atoms with Gasteiger partial charge >= 0.3 is 13.2 Å².